The summed E-state index contributed by atoms with van der Waals surface area (Å²) in [6, 6.07) is 11.3. The summed E-state index contributed by atoms with van der Waals surface area (Å²) in [4.78, 5) is 37.1. The number of rotatable bonds is 14. The van der Waals surface area contributed by atoms with Crippen molar-refractivity contribution >= 4 is 17.6 Å². The predicted octanol–water partition coefficient (Wildman–Crippen LogP) is 4.83. The van der Waals surface area contributed by atoms with Crippen LogP contribution in [0.2, 0.25) is 0 Å². The van der Waals surface area contributed by atoms with Crippen molar-refractivity contribution in [2.75, 3.05) is 19.8 Å². The van der Waals surface area contributed by atoms with Crippen LogP contribution in [0, 0.1) is 16.0 Å². The fraction of sp³-hybridized carbons (Fsp3) is 0.438. The van der Waals surface area contributed by atoms with Crippen molar-refractivity contribution in [2.45, 2.75) is 64.8 Å². The number of aliphatic hydroxyl groups excluding tert-OH is 1. The monoisotopic (exact) mass is 649 g/mol. The maximum absolute atomic E-state index is 14.2. The number of nitro groups is 1. The Labute approximate surface area is 264 Å². The first kappa shape index (κ1) is 36.0. The van der Waals surface area contributed by atoms with Crippen LogP contribution in [0.1, 0.15) is 51.2 Å². The number of non-ortho nitro benzene ring substituents is 1. The third kappa shape index (κ3) is 9.07. The number of halogens is 3. The number of esters is 2. The Morgan fingerprint density at radius 3 is 2.33 bits per heavy atom. The van der Waals surface area contributed by atoms with Gasteiger partial charge in [-0.1, -0.05) is 38.1 Å². The van der Waals surface area contributed by atoms with Gasteiger partial charge in [0.25, 0.3) is 5.69 Å². The predicted molar refractivity (Wildman–Crippen MR) is 161 cm³/mol. The Morgan fingerprint density at radius 1 is 1.09 bits per heavy atom. The number of dihydropyridines is 1. The van der Waals surface area contributed by atoms with Crippen molar-refractivity contribution in [2.24, 2.45) is 11.7 Å². The summed E-state index contributed by atoms with van der Waals surface area (Å²) in [5.41, 5.74) is 3.42. The molecule has 3 atom stereocenters. The molecule has 11 nitrogen and oxygen atoms in total. The van der Waals surface area contributed by atoms with Gasteiger partial charge in [-0.2, -0.15) is 13.2 Å². The summed E-state index contributed by atoms with van der Waals surface area (Å²) in [6.45, 7) is 6.12. The number of benzene rings is 2. The molecule has 0 aliphatic carbocycles. The molecular weight excluding hydrogens is 611 g/mol. The van der Waals surface area contributed by atoms with Crippen molar-refractivity contribution < 1.29 is 47.0 Å². The number of nitro benzene ring substituents is 1. The van der Waals surface area contributed by atoms with Gasteiger partial charge in [-0.25, -0.2) is 9.59 Å². The number of hydrogen-bond donors (Lipinski definition) is 3. The van der Waals surface area contributed by atoms with E-state index in [0.717, 1.165) is 17.7 Å². The summed E-state index contributed by atoms with van der Waals surface area (Å²) in [5, 5.41) is 23.7. The Bertz CT molecular complexity index is 1470. The number of nitrogens with one attached hydrogen (secondary N) is 1. The van der Waals surface area contributed by atoms with Crippen LogP contribution in [0.5, 0.6) is 5.75 Å². The molecule has 0 amide bonds. The molecule has 3 rings (SSSR count). The van der Waals surface area contributed by atoms with Crippen LogP contribution in [-0.4, -0.2) is 60.1 Å². The van der Waals surface area contributed by atoms with Gasteiger partial charge in [-0.3, -0.25) is 10.1 Å². The average molecular weight is 650 g/mol. The molecule has 2 aromatic carbocycles. The molecule has 3 unspecified atom stereocenters. The SMILES string of the molecule is CCOC(=O)C1=C(C(F)(F)F)NC(C)=C(C(=O)OCCCc2ccc(OCC(O)C(N)C(C)C)cc2)C1c1cccc([N+](=O)[O-])c1. The lowest BCUT2D eigenvalue weighted by Crippen LogP contribution is -2.42. The molecule has 0 fully saturated rings. The maximum atomic E-state index is 14.2. The first-order valence-electron chi connectivity index (χ1n) is 14.7. The van der Waals surface area contributed by atoms with E-state index >= 15 is 0 Å². The molecule has 0 aromatic heterocycles. The van der Waals surface area contributed by atoms with E-state index in [9.17, 15) is 38.0 Å². The number of carbonyl (C=O) groups excluding carboxylic acids is 2. The van der Waals surface area contributed by atoms with Gasteiger partial charge in [0, 0.05) is 23.9 Å². The average Bonchev–Trinajstić information content (AvgIpc) is 3.01. The highest BCUT2D eigenvalue weighted by atomic mass is 19.4. The molecule has 0 spiro atoms. The summed E-state index contributed by atoms with van der Waals surface area (Å²) in [5.74, 6) is -3.37. The van der Waals surface area contributed by atoms with Crippen LogP contribution in [-0.2, 0) is 25.5 Å². The number of allylic oxidation sites excluding steroid dienone is 2. The Balaban J connectivity index is 1.77. The van der Waals surface area contributed by atoms with Crippen molar-refractivity contribution in [1.29, 1.82) is 0 Å². The summed E-state index contributed by atoms with van der Waals surface area (Å²) >= 11 is 0. The number of alkyl halides is 3. The van der Waals surface area contributed by atoms with Crippen LogP contribution in [0.15, 0.2) is 71.1 Å². The van der Waals surface area contributed by atoms with E-state index < -0.39 is 58.1 Å². The van der Waals surface area contributed by atoms with E-state index in [1.165, 1.54) is 26.0 Å². The fourth-order valence-corrected chi connectivity index (χ4v) is 4.91. The highest BCUT2D eigenvalue weighted by Gasteiger charge is 2.47. The molecule has 0 saturated heterocycles. The Hall–Kier alpha value is -4.43. The lowest BCUT2D eigenvalue weighted by atomic mass is 9.80. The molecule has 1 aliphatic rings. The number of nitrogens with zero attached hydrogens (tertiary/aromatic N) is 1. The molecule has 1 heterocycles. The van der Waals surface area contributed by atoms with E-state index in [1.807, 2.05) is 13.8 Å². The quantitative estimate of drug-likeness (QED) is 0.112. The number of hydrogen-bond acceptors (Lipinski definition) is 10. The second-order valence-corrected chi connectivity index (χ2v) is 11.0. The molecule has 0 saturated carbocycles. The zero-order valence-corrected chi connectivity index (χ0v) is 25.9. The molecule has 2 aromatic rings. The highest BCUT2D eigenvalue weighted by molar-refractivity contribution is 6.00. The Morgan fingerprint density at radius 2 is 1.74 bits per heavy atom. The van der Waals surface area contributed by atoms with Crippen LogP contribution < -0.4 is 15.8 Å². The van der Waals surface area contributed by atoms with Gasteiger partial charge in [0.2, 0.25) is 0 Å². The fourth-order valence-electron chi connectivity index (χ4n) is 4.91. The minimum atomic E-state index is -5.04. The minimum Gasteiger partial charge on any atom is -0.491 e. The number of carbonyl (C=O) groups is 2. The standard InChI is InChI=1S/C32H38F3N3O8/c1-5-44-31(41)27-26(21-9-6-10-22(16-21)38(42)43)25(19(4)37-29(27)32(33,34)35)30(40)45-15-7-8-20-11-13-23(14-12-20)46-17-24(39)28(36)18(2)3/h6,9-14,16,18,24,26,28,37,39H,5,7-8,15,17,36H2,1-4H3. The van der Waals surface area contributed by atoms with E-state index in [2.05, 4.69) is 5.32 Å². The lowest BCUT2D eigenvalue weighted by Gasteiger charge is -2.32. The maximum Gasteiger partial charge on any atom is 0.431 e. The topological polar surface area (TPSA) is 163 Å². The molecular formula is C32H38F3N3O8. The normalized spacial score (nSPS) is 16.5. The summed E-state index contributed by atoms with van der Waals surface area (Å²) in [6.07, 6.45) is -5.04. The smallest absolute Gasteiger partial charge is 0.431 e. The Kier molecular flexibility index (Phi) is 12.3. The van der Waals surface area contributed by atoms with Gasteiger partial charge in [-0.05, 0) is 55.9 Å². The second kappa shape index (κ2) is 15.7. The van der Waals surface area contributed by atoms with Gasteiger partial charge in [-0.15, -0.1) is 0 Å². The third-order valence-corrected chi connectivity index (χ3v) is 7.38. The zero-order chi connectivity index (χ0) is 34.2. The van der Waals surface area contributed by atoms with Crippen molar-refractivity contribution in [3.8, 4) is 5.75 Å². The van der Waals surface area contributed by atoms with Crippen LogP contribution in [0.3, 0.4) is 0 Å². The summed E-state index contributed by atoms with van der Waals surface area (Å²) in [7, 11) is 0. The van der Waals surface area contributed by atoms with Crippen molar-refractivity contribution in [1.82, 2.24) is 5.32 Å². The second-order valence-electron chi connectivity index (χ2n) is 11.0. The van der Waals surface area contributed by atoms with Gasteiger partial charge in [0.15, 0.2) is 0 Å². The van der Waals surface area contributed by atoms with Gasteiger partial charge in [0.05, 0.1) is 35.2 Å². The molecule has 0 bridgehead atoms. The molecule has 250 valence electrons. The zero-order valence-electron chi connectivity index (χ0n) is 25.9. The van der Waals surface area contributed by atoms with E-state index in [1.54, 1.807) is 24.3 Å². The minimum absolute atomic E-state index is 0.0353. The van der Waals surface area contributed by atoms with Crippen LogP contribution in [0.25, 0.3) is 0 Å². The number of ether oxygens (including phenoxy) is 3. The first-order valence-corrected chi connectivity index (χ1v) is 14.7. The molecule has 4 N–H and O–H groups in total. The third-order valence-electron chi connectivity index (χ3n) is 7.38. The molecule has 1 aliphatic heterocycles. The van der Waals surface area contributed by atoms with Gasteiger partial charge >= 0.3 is 18.1 Å². The van der Waals surface area contributed by atoms with E-state index in [0.29, 0.717) is 18.6 Å². The van der Waals surface area contributed by atoms with Gasteiger partial charge < -0.3 is 30.4 Å². The number of nitrogens with two attached hydrogens (primary N) is 1. The van der Waals surface area contributed by atoms with Gasteiger partial charge in [0.1, 0.15) is 24.2 Å². The summed E-state index contributed by atoms with van der Waals surface area (Å²) < 4.78 is 58.5. The van der Waals surface area contributed by atoms with E-state index in [-0.39, 0.29) is 42.6 Å². The van der Waals surface area contributed by atoms with Crippen LogP contribution in [0.4, 0.5) is 18.9 Å². The van der Waals surface area contributed by atoms with E-state index in [4.69, 9.17) is 19.9 Å². The molecule has 0 radical (unpaired) electrons. The first-order chi connectivity index (χ1) is 21.6. The number of aryl methyl sites for hydroxylation is 1. The molecule has 14 heteroatoms. The highest BCUT2D eigenvalue weighted by Crippen LogP contribution is 2.44. The lowest BCUT2D eigenvalue weighted by molar-refractivity contribution is -0.384. The number of aliphatic hydroxyl groups is 1. The molecule has 46 heavy (non-hydrogen) atoms. The van der Waals surface area contributed by atoms with Crippen LogP contribution >= 0.6 is 0 Å². The van der Waals surface area contributed by atoms with Crippen molar-refractivity contribution in [3.05, 3.63) is 92.3 Å². The largest absolute Gasteiger partial charge is 0.491 e. The van der Waals surface area contributed by atoms with Crippen molar-refractivity contribution in [3.63, 3.8) is 0 Å².